The third-order valence-electron chi connectivity index (χ3n) is 4.48. The summed E-state index contributed by atoms with van der Waals surface area (Å²) in [5, 5.41) is 3.50. The van der Waals surface area contributed by atoms with Crippen molar-refractivity contribution in [3.8, 4) is 0 Å². The molecule has 0 saturated carbocycles. The molecule has 120 valence electrons. The fourth-order valence-corrected chi connectivity index (χ4v) is 2.70. The number of rotatable bonds is 9. The van der Waals surface area contributed by atoms with Crippen molar-refractivity contribution in [2.45, 2.75) is 66.0 Å². The van der Waals surface area contributed by atoms with E-state index in [2.05, 4.69) is 70.1 Å². The molecule has 1 aromatic rings. The highest BCUT2D eigenvalue weighted by molar-refractivity contribution is 5.31. The van der Waals surface area contributed by atoms with Crippen LogP contribution in [0.1, 0.15) is 62.8 Å². The Morgan fingerprint density at radius 3 is 2.33 bits per heavy atom. The summed E-state index contributed by atoms with van der Waals surface area (Å²) >= 11 is 0. The lowest BCUT2D eigenvalue weighted by atomic mass is 10.00. The Bertz CT molecular complexity index is 412. The van der Waals surface area contributed by atoms with E-state index in [4.69, 9.17) is 0 Å². The van der Waals surface area contributed by atoms with Crippen LogP contribution in [0, 0.1) is 13.8 Å². The summed E-state index contributed by atoms with van der Waals surface area (Å²) in [6.07, 6.45) is 3.92. The van der Waals surface area contributed by atoms with E-state index in [0.29, 0.717) is 12.1 Å². The Labute approximate surface area is 131 Å². The monoisotopic (exact) mass is 290 g/mol. The maximum atomic E-state index is 3.50. The first-order valence-electron chi connectivity index (χ1n) is 8.48. The maximum absolute atomic E-state index is 3.50. The zero-order valence-corrected chi connectivity index (χ0v) is 14.9. The highest BCUT2D eigenvalue weighted by Gasteiger charge is 2.17. The molecule has 0 aliphatic heterocycles. The van der Waals surface area contributed by atoms with Crippen LogP contribution in [0.4, 0.5) is 0 Å². The largest absolute Gasteiger partial charge is 0.312 e. The van der Waals surface area contributed by atoms with Gasteiger partial charge in [-0.1, -0.05) is 38.0 Å². The van der Waals surface area contributed by atoms with Gasteiger partial charge in [0.05, 0.1) is 0 Å². The molecule has 2 nitrogen and oxygen atoms in total. The number of nitrogens with one attached hydrogen (secondary N) is 1. The predicted molar refractivity (Wildman–Crippen MR) is 94.0 cm³/mol. The summed E-state index contributed by atoms with van der Waals surface area (Å²) in [4.78, 5) is 2.60. The first kappa shape index (κ1) is 18.2. The number of nitrogens with zero attached hydrogens (tertiary/aromatic N) is 1. The van der Waals surface area contributed by atoms with Crippen LogP contribution in [0.15, 0.2) is 18.2 Å². The van der Waals surface area contributed by atoms with E-state index in [1.807, 2.05) is 0 Å². The average Bonchev–Trinajstić information content (AvgIpc) is 2.45. The molecule has 0 radical (unpaired) electrons. The first-order chi connectivity index (χ1) is 9.99. The normalized spacial score (nSPS) is 13.1. The molecule has 1 unspecified atom stereocenters. The van der Waals surface area contributed by atoms with E-state index in [1.165, 1.54) is 42.5 Å². The lowest BCUT2D eigenvalue weighted by molar-refractivity contribution is 0.196. The summed E-state index contributed by atoms with van der Waals surface area (Å²) in [7, 11) is 2.07. The van der Waals surface area contributed by atoms with Gasteiger partial charge in [0.2, 0.25) is 0 Å². The maximum Gasteiger partial charge on any atom is 0.0447 e. The third kappa shape index (κ3) is 5.80. The minimum absolute atomic E-state index is 0.410. The van der Waals surface area contributed by atoms with E-state index in [9.17, 15) is 0 Å². The van der Waals surface area contributed by atoms with Crippen molar-refractivity contribution in [3.05, 3.63) is 34.9 Å². The molecule has 21 heavy (non-hydrogen) atoms. The molecule has 1 N–H and O–H groups in total. The molecule has 2 heteroatoms. The van der Waals surface area contributed by atoms with Crippen molar-refractivity contribution >= 4 is 0 Å². The van der Waals surface area contributed by atoms with Crippen molar-refractivity contribution in [2.24, 2.45) is 0 Å². The van der Waals surface area contributed by atoms with Crippen LogP contribution in [-0.2, 0) is 0 Å². The molecule has 0 fully saturated rings. The van der Waals surface area contributed by atoms with E-state index in [-0.39, 0.29) is 0 Å². The fraction of sp³-hybridized carbons (Fsp3) is 0.684. The second-order valence-electron chi connectivity index (χ2n) is 6.48. The van der Waals surface area contributed by atoms with Crippen molar-refractivity contribution in [1.29, 1.82) is 0 Å². The van der Waals surface area contributed by atoms with Gasteiger partial charge in [-0.3, -0.25) is 4.90 Å². The Balaban J connectivity index is 2.75. The Morgan fingerprint density at radius 2 is 1.81 bits per heavy atom. The standard InChI is InChI=1S/C19H34N2/c1-7-8-9-12-21(15(2)3)14-19(20-6)18-11-10-16(4)17(5)13-18/h10-11,13,15,19-20H,7-9,12,14H2,1-6H3. The Kier molecular flexibility index (Phi) is 7.98. The molecule has 0 bridgehead atoms. The molecule has 1 aromatic carbocycles. The molecule has 1 rings (SSSR count). The van der Waals surface area contributed by atoms with Gasteiger partial charge in [0.1, 0.15) is 0 Å². The summed E-state index contributed by atoms with van der Waals surface area (Å²) in [5.74, 6) is 0. The molecule has 0 aliphatic rings. The molecule has 1 atom stereocenters. The molecular formula is C19H34N2. The number of aryl methyl sites for hydroxylation is 2. The number of benzene rings is 1. The highest BCUT2D eigenvalue weighted by atomic mass is 15.2. The van der Waals surface area contributed by atoms with Crippen molar-refractivity contribution < 1.29 is 0 Å². The number of hydrogen-bond donors (Lipinski definition) is 1. The Morgan fingerprint density at radius 1 is 1.10 bits per heavy atom. The summed E-state index contributed by atoms with van der Waals surface area (Å²) in [5.41, 5.74) is 4.16. The third-order valence-corrected chi connectivity index (χ3v) is 4.48. The van der Waals surface area contributed by atoms with Crippen LogP contribution in [0.5, 0.6) is 0 Å². The Hall–Kier alpha value is -0.860. The van der Waals surface area contributed by atoms with Gasteiger partial charge < -0.3 is 5.32 Å². The summed E-state index contributed by atoms with van der Waals surface area (Å²) in [6, 6.07) is 7.86. The van der Waals surface area contributed by atoms with Gasteiger partial charge in [0.15, 0.2) is 0 Å². The topological polar surface area (TPSA) is 15.3 Å². The van der Waals surface area contributed by atoms with Gasteiger partial charge in [-0.05, 0) is 64.4 Å². The molecular weight excluding hydrogens is 256 g/mol. The van der Waals surface area contributed by atoms with E-state index < -0.39 is 0 Å². The van der Waals surface area contributed by atoms with Gasteiger partial charge in [-0.25, -0.2) is 0 Å². The zero-order chi connectivity index (χ0) is 15.8. The molecule has 0 heterocycles. The van der Waals surface area contributed by atoms with Gasteiger partial charge in [0, 0.05) is 18.6 Å². The van der Waals surface area contributed by atoms with E-state index in [1.54, 1.807) is 0 Å². The molecule has 0 saturated heterocycles. The first-order valence-corrected chi connectivity index (χ1v) is 8.48. The number of unbranched alkanes of at least 4 members (excludes halogenated alkanes) is 2. The van der Waals surface area contributed by atoms with Crippen LogP contribution in [-0.4, -0.2) is 31.1 Å². The van der Waals surface area contributed by atoms with Gasteiger partial charge in [-0.2, -0.15) is 0 Å². The van der Waals surface area contributed by atoms with E-state index in [0.717, 1.165) is 6.54 Å². The van der Waals surface area contributed by atoms with E-state index >= 15 is 0 Å². The minimum atomic E-state index is 0.410. The second kappa shape index (κ2) is 9.22. The van der Waals surface area contributed by atoms with Crippen LogP contribution in [0.25, 0.3) is 0 Å². The second-order valence-corrected chi connectivity index (χ2v) is 6.48. The molecule has 0 spiro atoms. The van der Waals surface area contributed by atoms with Gasteiger partial charge >= 0.3 is 0 Å². The number of likely N-dealkylation sites (N-methyl/N-ethyl adjacent to an activating group) is 1. The highest BCUT2D eigenvalue weighted by Crippen LogP contribution is 2.19. The number of hydrogen-bond acceptors (Lipinski definition) is 2. The zero-order valence-electron chi connectivity index (χ0n) is 14.9. The summed E-state index contributed by atoms with van der Waals surface area (Å²) < 4.78 is 0. The van der Waals surface area contributed by atoms with Gasteiger partial charge in [0.25, 0.3) is 0 Å². The lowest BCUT2D eigenvalue weighted by Crippen LogP contribution is -2.38. The molecule has 0 aromatic heterocycles. The van der Waals surface area contributed by atoms with Gasteiger partial charge in [-0.15, -0.1) is 0 Å². The van der Waals surface area contributed by atoms with Crippen molar-refractivity contribution in [1.82, 2.24) is 10.2 Å². The van der Waals surface area contributed by atoms with Crippen molar-refractivity contribution in [2.75, 3.05) is 20.1 Å². The van der Waals surface area contributed by atoms with Crippen LogP contribution in [0.2, 0.25) is 0 Å². The van der Waals surface area contributed by atoms with Crippen LogP contribution >= 0.6 is 0 Å². The average molecular weight is 290 g/mol. The molecule has 0 amide bonds. The fourth-order valence-electron chi connectivity index (χ4n) is 2.70. The van der Waals surface area contributed by atoms with Crippen molar-refractivity contribution in [3.63, 3.8) is 0 Å². The van der Waals surface area contributed by atoms with Crippen LogP contribution < -0.4 is 5.32 Å². The smallest absolute Gasteiger partial charge is 0.0447 e. The quantitative estimate of drug-likeness (QED) is 0.675. The SMILES string of the molecule is CCCCCN(CC(NC)c1ccc(C)c(C)c1)C(C)C. The minimum Gasteiger partial charge on any atom is -0.312 e. The summed E-state index contributed by atoms with van der Waals surface area (Å²) in [6.45, 7) is 13.5. The lowest BCUT2D eigenvalue weighted by Gasteiger charge is -2.31. The molecule has 0 aliphatic carbocycles. The van der Waals surface area contributed by atoms with Crippen LogP contribution in [0.3, 0.4) is 0 Å². The predicted octanol–water partition coefficient (Wildman–Crippen LogP) is 4.46.